The highest BCUT2D eigenvalue weighted by atomic mass is 32.2. The molecule has 6 nitrogen and oxygen atoms in total. The Balaban J connectivity index is 1.75. The molecule has 0 saturated heterocycles. The van der Waals surface area contributed by atoms with Crippen LogP contribution < -0.4 is 9.46 Å². The predicted molar refractivity (Wildman–Crippen MR) is 103 cm³/mol. The first-order valence-electron chi connectivity index (χ1n) is 8.87. The van der Waals surface area contributed by atoms with Gasteiger partial charge in [-0.25, -0.2) is 13.2 Å². The molecular weight excluding hydrogens is 366 g/mol. The van der Waals surface area contributed by atoms with Gasteiger partial charge in [0, 0.05) is 5.69 Å². The van der Waals surface area contributed by atoms with E-state index in [1.807, 2.05) is 0 Å². The average molecular weight is 389 g/mol. The summed E-state index contributed by atoms with van der Waals surface area (Å²) < 4.78 is 38.4. The maximum absolute atomic E-state index is 12.6. The minimum atomic E-state index is -3.83. The first-order valence-corrected chi connectivity index (χ1v) is 10.4. The lowest BCUT2D eigenvalue weighted by molar-refractivity contribution is 0.0599. The minimum Gasteiger partial charge on any atom is -0.490 e. The Kier molecular flexibility index (Phi) is 5.70. The van der Waals surface area contributed by atoms with Gasteiger partial charge in [-0.2, -0.15) is 0 Å². The van der Waals surface area contributed by atoms with Gasteiger partial charge in [-0.1, -0.05) is 6.07 Å². The Labute approximate surface area is 159 Å². The fourth-order valence-corrected chi connectivity index (χ4v) is 4.20. The highest BCUT2D eigenvalue weighted by molar-refractivity contribution is 7.92. The molecule has 7 heteroatoms. The van der Waals surface area contributed by atoms with Crippen LogP contribution in [0.5, 0.6) is 5.75 Å². The molecule has 0 spiro atoms. The van der Waals surface area contributed by atoms with Crippen LogP contribution in [0.4, 0.5) is 5.69 Å². The number of benzene rings is 2. The van der Waals surface area contributed by atoms with Gasteiger partial charge in [0.1, 0.15) is 5.75 Å². The Morgan fingerprint density at radius 3 is 2.37 bits per heavy atom. The van der Waals surface area contributed by atoms with Crippen LogP contribution in [0.1, 0.15) is 41.6 Å². The second kappa shape index (κ2) is 8.00. The zero-order valence-corrected chi connectivity index (χ0v) is 16.2. The summed E-state index contributed by atoms with van der Waals surface area (Å²) in [4.78, 5) is 11.8. The number of carbonyl (C=O) groups is 1. The first kappa shape index (κ1) is 19.2. The Morgan fingerprint density at radius 2 is 1.74 bits per heavy atom. The molecule has 144 valence electrons. The van der Waals surface area contributed by atoms with Gasteiger partial charge in [0.2, 0.25) is 0 Å². The van der Waals surface area contributed by atoms with Gasteiger partial charge < -0.3 is 9.47 Å². The second-order valence-electron chi connectivity index (χ2n) is 6.62. The second-order valence-corrected chi connectivity index (χ2v) is 8.30. The molecule has 3 rings (SSSR count). The summed E-state index contributed by atoms with van der Waals surface area (Å²) >= 11 is 0. The lowest BCUT2D eigenvalue weighted by atomic mass is 10.1. The number of aryl methyl sites for hydroxylation is 1. The summed E-state index contributed by atoms with van der Waals surface area (Å²) in [5, 5.41) is 0. The maximum atomic E-state index is 12.6. The molecule has 0 heterocycles. The van der Waals surface area contributed by atoms with Crippen molar-refractivity contribution in [1.29, 1.82) is 0 Å². The molecule has 0 aromatic heterocycles. The minimum absolute atomic E-state index is 0.000202. The van der Waals surface area contributed by atoms with E-state index in [9.17, 15) is 13.2 Å². The predicted octanol–water partition coefficient (Wildman–Crippen LogP) is 3.90. The Bertz CT molecular complexity index is 916. The summed E-state index contributed by atoms with van der Waals surface area (Å²) in [7, 11) is -2.57. The quantitative estimate of drug-likeness (QED) is 0.758. The van der Waals surface area contributed by atoms with Crippen LogP contribution >= 0.6 is 0 Å². The van der Waals surface area contributed by atoms with Gasteiger partial charge >= 0.3 is 5.97 Å². The third-order valence-electron chi connectivity index (χ3n) is 4.64. The summed E-state index contributed by atoms with van der Waals surface area (Å²) in [6.07, 6.45) is 4.74. The van der Waals surface area contributed by atoms with Crippen molar-refractivity contribution in [3.05, 3.63) is 53.6 Å². The van der Waals surface area contributed by atoms with Crippen molar-refractivity contribution in [3.8, 4) is 5.75 Å². The number of hydrogen-bond donors (Lipinski definition) is 1. The third-order valence-corrected chi connectivity index (χ3v) is 6.02. The van der Waals surface area contributed by atoms with Gasteiger partial charge in [0.15, 0.2) is 0 Å². The Morgan fingerprint density at radius 1 is 1.07 bits per heavy atom. The van der Waals surface area contributed by atoms with Gasteiger partial charge in [-0.15, -0.1) is 0 Å². The molecule has 0 aliphatic heterocycles. The van der Waals surface area contributed by atoms with E-state index in [0.29, 0.717) is 11.3 Å². The average Bonchev–Trinajstić information content (AvgIpc) is 3.16. The number of ether oxygens (including phenoxy) is 2. The molecule has 1 aliphatic rings. The summed E-state index contributed by atoms with van der Waals surface area (Å²) in [6.45, 7) is 1.72. The molecule has 1 aliphatic carbocycles. The Hall–Kier alpha value is -2.54. The molecule has 0 atom stereocenters. The molecule has 1 saturated carbocycles. The zero-order valence-electron chi connectivity index (χ0n) is 15.4. The van der Waals surface area contributed by atoms with Crippen LogP contribution in [0.2, 0.25) is 0 Å². The van der Waals surface area contributed by atoms with Gasteiger partial charge in [-0.3, -0.25) is 4.72 Å². The van der Waals surface area contributed by atoms with Crippen LogP contribution in [-0.2, 0) is 14.8 Å². The van der Waals surface area contributed by atoms with E-state index in [1.165, 1.54) is 32.1 Å². The van der Waals surface area contributed by atoms with Crippen LogP contribution in [0.25, 0.3) is 0 Å². The molecule has 0 amide bonds. The molecule has 2 aromatic rings. The number of sulfonamides is 1. The van der Waals surface area contributed by atoms with E-state index in [1.54, 1.807) is 37.3 Å². The maximum Gasteiger partial charge on any atom is 0.338 e. The fraction of sp³-hybridized carbons (Fsp3) is 0.350. The van der Waals surface area contributed by atoms with Crippen molar-refractivity contribution in [3.63, 3.8) is 0 Å². The number of rotatable bonds is 6. The van der Waals surface area contributed by atoms with E-state index in [0.717, 1.165) is 18.6 Å². The summed E-state index contributed by atoms with van der Waals surface area (Å²) in [5.74, 6) is 0.158. The topological polar surface area (TPSA) is 81.7 Å². The van der Waals surface area contributed by atoms with Gasteiger partial charge in [0.25, 0.3) is 10.0 Å². The van der Waals surface area contributed by atoms with E-state index in [4.69, 9.17) is 9.47 Å². The smallest absolute Gasteiger partial charge is 0.338 e. The normalized spacial score (nSPS) is 14.7. The molecule has 2 aromatic carbocycles. The lowest BCUT2D eigenvalue weighted by Gasteiger charge is -2.14. The number of methoxy groups -OCH3 is 1. The molecule has 1 N–H and O–H groups in total. The summed E-state index contributed by atoms with van der Waals surface area (Å²) in [6, 6.07) is 11.2. The number of hydrogen-bond acceptors (Lipinski definition) is 5. The van der Waals surface area contributed by atoms with Crippen molar-refractivity contribution in [2.24, 2.45) is 0 Å². The van der Waals surface area contributed by atoms with Gasteiger partial charge in [-0.05, 0) is 74.6 Å². The van der Waals surface area contributed by atoms with E-state index >= 15 is 0 Å². The van der Waals surface area contributed by atoms with Crippen LogP contribution in [-0.4, -0.2) is 27.6 Å². The van der Waals surface area contributed by atoms with Crippen molar-refractivity contribution >= 4 is 21.7 Å². The van der Waals surface area contributed by atoms with Crippen molar-refractivity contribution in [1.82, 2.24) is 0 Å². The van der Waals surface area contributed by atoms with Crippen molar-refractivity contribution < 1.29 is 22.7 Å². The number of carbonyl (C=O) groups excluding carboxylic acids is 1. The molecule has 0 radical (unpaired) electrons. The zero-order chi connectivity index (χ0) is 19.4. The third kappa shape index (κ3) is 4.60. The molecule has 0 unspecified atom stereocenters. The molecular formula is C20H23NO5S. The van der Waals surface area contributed by atoms with Crippen molar-refractivity contribution in [2.45, 2.75) is 43.6 Å². The summed E-state index contributed by atoms with van der Waals surface area (Å²) in [5.41, 5.74) is 1.30. The molecule has 1 fully saturated rings. The van der Waals surface area contributed by atoms with E-state index in [-0.39, 0.29) is 16.6 Å². The fourth-order valence-electron chi connectivity index (χ4n) is 3.11. The van der Waals surface area contributed by atoms with E-state index in [2.05, 4.69) is 4.72 Å². The standard InChI is InChI=1S/C20H23NO5S/c1-14-7-12-18(13-19(14)20(22)25-2)27(23,24)21-15-8-10-17(11-9-15)26-16-5-3-4-6-16/h7-13,16,21H,3-6H2,1-2H3. The highest BCUT2D eigenvalue weighted by Crippen LogP contribution is 2.26. The number of anilines is 1. The monoisotopic (exact) mass is 389 g/mol. The SMILES string of the molecule is COC(=O)c1cc(S(=O)(=O)Nc2ccc(OC3CCCC3)cc2)ccc1C. The van der Waals surface area contributed by atoms with Crippen LogP contribution in [0.3, 0.4) is 0 Å². The lowest BCUT2D eigenvalue weighted by Crippen LogP contribution is -2.15. The number of nitrogens with one attached hydrogen (secondary N) is 1. The van der Waals surface area contributed by atoms with E-state index < -0.39 is 16.0 Å². The van der Waals surface area contributed by atoms with Crippen LogP contribution in [0.15, 0.2) is 47.4 Å². The first-order chi connectivity index (χ1) is 12.9. The van der Waals surface area contributed by atoms with Gasteiger partial charge in [0.05, 0.1) is 23.7 Å². The highest BCUT2D eigenvalue weighted by Gasteiger charge is 2.19. The van der Waals surface area contributed by atoms with Crippen molar-refractivity contribution in [2.75, 3.05) is 11.8 Å². The van der Waals surface area contributed by atoms with Crippen LogP contribution in [0, 0.1) is 6.92 Å². The molecule has 0 bridgehead atoms. The molecule has 27 heavy (non-hydrogen) atoms. The largest absolute Gasteiger partial charge is 0.490 e. The number of esters is 1.